The third kappa shape index (κ3) is 2.44. The second-order valence-electron chi connectivity index (χ2n) is 4.26. The zero-order valence-electron chi connectivity index (χ0n) is 10.4. The molecule has 0 amide bonds. The zero-order chi connectivity index (χ0) is 13.5. The van der Waals surface area contributed by atoms with E-state index >= 15 is 0 Å². The fraction of sp³-hybridized carbons (Fsp3) is 0.364. The van der Waals surface area contributed by atoms with Crippen molar-refractivity contribution in [2.24, 2.45) is 7.05 Å². The van der Waals surface area contributed by atoms with Crippen LogP contribution in [0.3, 0.4) is 0 Å². The fourth-order valence-electron chi connectivity index (χ4n) is 1.94. The minimum Gasteiger partial charge on any atom is -0.351 e. The molecule has 0 aliphatic rings. The van der Waals surface area contributed by atoms with Crippen molar-refractivity contribution in [2.75, 3.05) is 0 Å². The molecule has 0 unspecified atom stereocenters. The van der Waals surface area contributed by atoms with Gasteiger partial charge in [-0.1, -0.05) is 0 Å². The highest BCUT2D eigenvalue weighted by Gasteiger charge is 2.15. The first kappa shape index (κ1) is 13.2. The molecule has 0 spiro atoms. The summed E-state index contributed by atoms with van der Waals surface area (Å²) in [5.74, 6) is 0. The Balaban J connectivity index is 2.32. The summed E-state index contributed by atoms with van der Waals surface area (Å²) in [5.41, 5.74) is 4.00. The Morgan fingerprint density at radius 2 is 2.11 bits per heavy atom. The van der Waals surface area contributed by atoms with Gasteiger partial charge in [0.25, 0.3) is 9.05 Å². The molecule has 98 valence electrons. The number of aromatic nitrogens is 3. The van der Waals surface area contributed by atoms with Crippen molar-refractivity contribution in [3.63, 3.8) is 0 Å². The van der Waals surface area contributed by atoms with Crippen molar-refractivity contribution in [2.45, 2.75) is 25.3 Å². The highest BCUT2D eigenvalue weighted by Crippen LogP contribution is 2.20. The largest absolute Gasteiger partial charge is 0.351 e. The van der Waals surface area contributed by atoms with Gasteiger partial charge in [0.1, 0.15) is 5.03 Å². The molecule has 18 heavy (non-hydrogen) atoms. The van der Waals surface area contributed by atoms with E-state index in [1.54, 1.807) is 12.3 Å². The van der Waals surface area contributed by atoms with Gasteiger partial charge in [0.2, 0.25) is 0 Å². The van der Waals surface area contributed by atoms with Crippen molar-refractivity contribution in [3.8, 4) is 0 Å². The summed E-state index contributed by atoms with van der Waals surface area (Å²) in [6.45, 7) is 3.93. The Morgan fingerprint density at radius 3 is 2.56 bits per heavy atom. The maximum absolute atomic E-state index is 11.2. The Hall–Kier alpha value is -1.27. The molecule has 7 heteroatoms. The number of nitrogens with zero attached hydrogens (tertiary/aromatic N) is 2. The van der Waals surface area contributed by atoms with Crippen LogP contribution in [0.5, 0.6) is 0 Å². The van der Waals surface area contributed by atoms with Crippen LogP contribution in [0.1, 0.15) is 22.5 Å². The molecule has 0 aliphatic carbocycles. The number of hydrogen-bond donors (Lipinski definition) is 1. The second kappa shape index (κ2) is 4.44. The van der Waals surface area contributed by atoms with Crippen molar-refractivity contribution >= 4 is 19.7 Å². The highest BCUT2D eigenvalue weighted by molar-refractivity contribution is 8.13. The minimum absolute atomic E-state index is 0.0263. The van der Waals surface area contributed by atoms with Crippen LogP contribution < -0.4 is 0 Å². The van der Waals surface area contributed by atoms with Crippen LogP contribution in [0, 0.1) is 13.8 Å². The lowest BCUT2D eigenvalue weighted by atomic mass is 10.1. The quantitative estimate of drug-likeness (QED) is 0.877. The summed E-state index contributed by atoms with van der Waals surface area (Å²) in [6.07, 6.45) is 2.29. The lowest BCUT2D eigenvalue weighted by Gasteiger charge is -1.99. The Morgan fingerprint density at radius 1 is 1.44 bits per heavy atom. The number of H-pyrrole nitrogens is 1. The number of hydrogen-bond acceptors (Lipinski definition) is 3. The molecule has 0 saturated carbocycles. The summed E-state index contributed by atoms with van der Waals surface area (Å²) in [5, 5.41) is 4.35. The molecule has 0 radical (unpaired) electrons. The molecule has 5 nitrogen and oxygen atoms in total. The van der Waals surface area contributed by atoms with Crippen molar-refractivity contribution in [1.82, 2.24) is 14.8 Å². The van der Waals surface area contributed by atoms with Gasteiger partial charge in [0.05, 0.1) is 5.69 Å². The van der Waals surface area contributed by atoms with Crippen LogP contribution in [0.4, 0.5) is 0 Å². The van der Waals surface area contributed by atoms with Gasteiger partial charge in [0, 0.05) is 41.6 Å². The lowest BCUT2D eigenvalue weighted by molar-refractivity contribution is 0.607. The number of nitrogens with one attached hydrogen (secondary N) is 1. The molecule has 0 bridgehead atoms. The van der Waals surface area contributed by atoms with Crippen LogP contribution in [-0.2, 0) is 22.5 Å². The highest BCUT2D eigenvalue weighted by atomic mass is 35.7. The molecular formula is C11H14ClN3O2S. The van der Waals surface area contributed by atoms with Crippen molar-refractivity contribution in [1.29, 1.82) is 0 Å². The normalized spacial score (nSPS) is 12.0. The average Bonchev–Trinajstić information content (AvgIpc) is 2.80. The van der Waals surface area contributed by atoms with E-state index in [0.29, 0.717) is 6.42 Å². The van der Waals surface area contributed by atoms with E-state index in [1.165, 1.54) is 0 Å². The topological polar surface area (TPSA) is 67.8 Å². The van der Waals surface area contributed by atoms with E-state index in [4.69, 9.17) is 10.7 Å². The van der Waals surface area contributed by atoms with Crippen LogP contribution in [0.25, 0.3) is 0 Å². The third-order valence-electron chi connectivity index (χ3n) is 3.02. The smallest absolute Gasteiger partial charge is 0.276 e. The van der Waals surface area contributed by atoms with E-state index in [2.05, 4.69) is 10.1 Å². The zero-order valence-corrected chi connectivity index (χ0v) is 11.9. The summed E-state index contributed by atoms with van der Waals surface area (Å²) in [7, 11) is 3.46. The maximum Gasteiger partial charge on any atom is 0.276 e. The Bertz CT molecular complexity index is 685. The molecule has 2 rings (SSSR count). The molecule has 2 aromatic heterocycles. The number of rotatable bonds is 3. The number of aryl methyl sites for hydroxylation is 2. The first-order valence-electron chi connectivity index (χ1n) is 5.40. The lowest BCUT2D eigenvalue weighted by Crippen LogP contribution is -1.94. The Labute approximate surface area is 110 Å². The van der Waals surface area contributed by atoms with E-state index in [-0.39, 0.29) is 5.03 Å². The van der Waals surface area contributed by atoms with Crippen molar-refractivity contribution < 1.29 is 8.42 Å². The maximum atomic E-state index is 11.2. The predicted molar refractivity (Wildman–Crippen MR) is 69.3 cm³/mol. The second-order valence-corrected chi connectivity index (χ2v) is 6.79. The summed E-state index contributed by atoms with van der Waals surface area (Å²) < 4.78 is 24.1. The van der Waals surface area contributed by atoms with Crippen LogP contribution >= 0.6 is 10.7 Å². The monoisotopic (exact) mass is 287 g/mol. The molecule has 0 aliphatic heterocycles. The first-order chi connectivity index (χ1) is 8.29. The standard InChI is InChI=1S/C11H14ClN3O2S/c1-7-10(8(2)15(3)14-7)4-9-5-11(13-6-9)18(12,16)17/h5-6,13H,4H2,1-3H3. The Kier molecular flexibility index (Phi) is 3.25. The van der Waals surface area contributed by atoms with Gasteiger partial charge in [-0.3, -0.25) is 4.68 Å². The van der Waals surface area contributed by atoms with Gasteiger partial charge in [-0.25, -0.2) is 8.42 Å². The fourth-order valence-corrected chi connectivity index (χ4v) is 2.69. The molecule has 0 aromatic carbocycles. The summed E-state index contributed by atoms with van der Waals surface area (Å²) in [6, 6.07) is 1.55. The number of aromatic amines is 1. The van der Waals surface area contributed by atoms with Crippen molar-refractivity contribution in [3.05, 3.63) is 34.8 Å². The van der Waals surface area contributed by atoms with Gasteiger partial charge in [0.15, 0.2) is 0 Å². The SMILES string of the molecule is Cc1nn(C)c(C)c1Cc1c[nH]c(S(=O)(=O)Cl)c1. The van der Waals surface area contributed by atoms with Gasteiger partial charge in [-0.05, 0) is 25.5 Å². The molecule has 2 heterocycles. The van der Waals surface area contributed by atoms with E-state index in [0.717, 1.165) is 22.5 Å². The summed E-state index contributed by atoms with van der Waals surface area (Å²) in [4.78, 5) is 2.66. The van der Waals surface area contributed by atoms with E-state index < -0.39 is 9.05 Å². The first-order valence-corrected chi connectivity index (χ1v) is 7.71. The molecular weight excluding hydrogens is 274 g/mol. The van der Waals surface area contributed by atoms with Crippen LogP contribution in [-0.4, -0.2) is 23.2 Å². The predicted octanol–water partition coefficient (Wildman–Crippen LogP) is 1.88. The summed E-state index contributed by atoms with van der Waals surface area (Å²) >= 11 is 0. The minimum atomic E-state index is -3.69. The van der Waals surface area contributed by atoms with Crippen LogP contribution in [0.2, 0.25) is 0 Å². The third-order valence-corrected chi connectivity index (χ3v) is 4.28. The van der Waals surface area contributed by atoms with Gasteiger partial charge >= 0.3 is 0 Å². The molecule has 0 saturated heterocycles. The average molecular weight is 288 g/mol. The van der Waals surface area contributed by atoms with E-state index in [1.807, 2.05) is 25.6 Å². The van der Waals surface area contributed by atoms with Crippen LogP contribution in [0.15, 0.2) is 17.3 Å². The van der Waals surface area contributed by atoms with Gasteiger partial charge in [-0.15, -0.1) is 0 Å². The molecule has 0 atom stereocenters. The molecule has 2 aromatic rings. The van der Waals surface area contributed by atoms with Gasteiger partial charge < -0.3 is 4.98 Å². The number of halogens is 1. The van der Waals surface area contributed by atoms with E-state index in [9.17, 15) is 8.42 Å². The van der Waals surface area contributed by atoms with Gasteiger partial charge in [-0.2, -0.15) is 5.10 Å². The molecule has 0 fully saturated rings. The molecule has 1 N–H and O–H groups in total.